The van der Waals surface area contributed by atoms with Gasteiger partial charge in [0.1, 0.15) is 0 Å². The van der Waals surface area contributed by atoms with Crippen molar-refractivity contribution in [2.24, 2.45) is 5.92 Å². The highest BCUT2D eigenvalue weighted by Gasteiger charge is 2.43. The van der Waals surface area contributed by atoms with E-state index in [0.29, 0.717) is 11.8 Å². The van der Waals surface area contributed by atoms with Gasteiger partial charge >= 0.3 is 0 Å². The van der Waals surface area contributed by atoms with Gasteiger partial charge in [-0.05, 0) is 44.1 Å². The molecule has 1 aliphatic rings. The lowest BCUT2D eigenvalue weighted by Gasteiger charge is -2.14. The highest BCUT2D eigenvalue weighted by molar-refractivity contribution is 7.89. The predicted molar refractivity (Wildman–Crippen MR) is 79.0 cm³/mol. The van der Waals surface area contributed by atoms with E-state index >= 15 is 0 Å². The Balaban J connectivity index is 1.91. The van der Waals surface area contributed by atoms with Gasteiger partial charge in [-0.2, -0.15) is 0 Å². The Labute approximate surface area is 120 Å². The van der Waals surface area contributed by atoms with Crippen LogP contribution in [0.3, 0.4) is 0 Å². The first kappa shape index (κ1) is 15.4. The van der Waals surface area contributed by atoms with Gasteiger partial charge in [-0.25, -0.2) is 13.1 Å². The van der Waals surface area contributed by atoms with E-state index < -0.39 is 16.7 Å². The number of aryl methyl sites for hydroxylation is 1. The van der Waals surface area contributed by atoms with Crippen LogP contribution in [0.25, 0.3) is 0 Å². The van der Waals surface area contributed by atoms with Crippen LogP contribution >= 0.6 is 0 Å². The number of nitrogens with one attached hydrogen (secondary N) is 1. The molecular formula is C15H22FNO2S. The van der Waals surface area contributed by atoms with Gasteiger partial charge in [-0.3, -0.25) is 4.39 Å². The molecule has 112 valence electrons. The van der Waals surface area contributed by atoms with Crippen molar-refractivity contribution >= 4 is 10.0 Å². The molecule has 1 aromatic carbocycles. The maximum atomic E-state index is 12.1. The van der Waals surface area contributed by atoms with Crippen molar-refractivity contribution in [1.82, 2.24) is 4.72 Å². The van der Waals surface area contributed by atoms with Crippen molar-refractivity contribution in [3.05, 3.63) is 35.4 Å². The summed E-state index contributed by atoms with van der Waals surface area (Å²) in [4.78, 5) is 0. The molecule has 1 fully saturated rings. The van der Waals surface area contributed by atoms with Gasteiger partial charge in [0.2, 0.25) is 10.0 Å². The summed E-state index contributed by atoms with van der Waals surface area (Å²) < 4.78 is 38.2. The molecule has 20 heavy (non-hydrogen) atoms. The van der Waals surface area contributed by atoms with Crippen molar-refractivity contribution in [1.29, 1.82) is 0 Å². The molecule has 0 amide bonds. The molecule has 0 unspecified atom stereocenters. The van der Waals surface area contributed by atoms with Gasteiger partial charge in [0.25, 0.3) is 0 Å². The van der Waals surface area contributed by atoms with Crippen LogP contribution in [0.2, 0.25) is 0 Å². The van der Waals surface area contributed by atoms with E-state index in [9.17, 15) is 12.8 Å². The molecule has 0 saturated heterocycles. The molecule has 1 N–H and O–H groups in total. The fraction of sp³-hybridized carbons (Fsp3) is 0.600. The molecular weight excluding hydrogens is 277 g/mol. The molecule has 1 aliphatic carbocycles. The Hall–Kier alpha value is -0.940. The summed E-state index contributed by atoms with van der Waals surface area (Å²) in [5.41, 5.74) is 2.51. The third-order valence-corrected chi connectivity index (χ3v) is 5.42. The molecule has 5 heteroatoms. The van der Waals surface area contributed by atoms with Crippen LogP contribution in [-0.2, 0) is 10.0 Å². The monoisotopic (exact) mass is 299 g/mol. The fourth-order valence-electron chi connectivity index (χ4n) is 2.73. The minimum absolute atomic E-state index is 0.0635. The maximum absolute atomic E-state index is 12.1. The number of alkyl halides is 1. The van der Waals surface area contributed by atoms with Gasteiger partial charge in [-0.1, -0.05) is 29.8 Å². The average molecular weight is 299 g/mol. The highest BCUT2D eigenvalue weighted by atomic mass is 32.2. The van der Waals surface area contributed by atoms with Crippen molar-refractivity contribution in [3.8, 4) is 0 Å². The number of halogens is 1. The van der Waals surface area contributed by atoms with Crippen molar-refractivity contribution < 1.29 is 12.8 Å². The zero-order chi connectivity index (χ0) is 14.8. The SMILES string of the molecule is Cc1cccc([C@@H]2C[C@H]2[C@@H](C)NS(=O)(=O)CCCF)c1. The predicted octanol–water partition coefficient (Wildman–Crippen LogP) is 2.77. The third-order valence-electron chi connectivity index (χ3n) is 3.86. The minimum atomic E-state index is -3.35. The Bertz CT molecular complexity index is 559. The summed E-state index contributed by atoms with van der Waals surface area (Å²) in [5.74, 6) is 0.654. The average Bonchev–Trinajstić information content (AvgIpc) is 3.16. The van der Waals surface area contributed by atoms with Crippen LogP contribution < -0.4 is 4.72 Å². The van der Waals surface area contributed by atoms with Crippen LogP contribution in [0.4, 0.5) is 4.39 Å². The van der Waals surface area contributed by atoms with Crippen LogP contribution in [0, 0.1) is 12.8 Å². The first-order chi connectivity index (χ1) is 9.43. The lowest BCUT2D eigenvalue weighted by Crippen LogP contribution is -2.36. The summed E-state index contributed by atoms with van der Waals surface area (Å²) in [5, 5.41) is 0. The lowest BCUT2D eigenvalue weighted by atomic mass is 10.0. The molecule has 2 rings (SSSR count). The first-order valence-electron chi connectivity index (χ1n) is 7.05. The van der Waals surface area contributed by atoms with Crippen LogP contribution in [0.1, 0.15) is 36.8 Å². The van der Waals surface area contributed by atoms with Crippen LogP contribution in [0.15, 0.2) is 24.3 Å². The van der Waals surface area contributed by atoms with Gasteiger partial charge in [0.05, 0.1) is 12.4 Å². The molecule has 0 spiro atoms. The van der Waals surface area contributed by atoms with E-state index in [2.05, 4.69) is 29.8 Å². The second-order valence-electron chi connectivity index (χ2n) is 5.69. The fourth-order valence-corrected chi connectivity index (χ4v) is 4.07. The first-order valence-corrected chi connectivity index (χ1v) is 8.70. The molecule has 0 bridgehead atoms. The normalized spacial score (nSPS) is 23.6. The number of sulfonamides is 1. The van der Waals surface area contributed by atoms with Crippen molar-refractivity contribution in [2.75, 3.05) is 12.4 Å². The van der Waals surface area contributed by atoms with Crippen LogP contribution in [-0.4, -0.2) is 26.9 Å². The molecule has 0 heterocycles. The van der Waals surface area contributed by atoms with E-state index in [0.717, 1.165) is 6.42 Å². The Morgan fingerprint density at radius 1 is 1.45 bits per heavy atom. The largest absolute Gasteiger partial charge is 0.251 e. The van der Waals surface area contributed by atoms with E-state index in [4.69, 9.17) is 0 Å². The third kappa shape index (κ3) is 4.03. The molecule has 1 saturated carbocycles. The number of benzene rings is 1. The van der Waals surface area contributed by atoms with E-state index in [1.165, 1.54) is 11.1 Å². The summed E-state index contributed by atoms with van der Waals surface area (Å²) in [7, 11) is -3.35. The lowest BCUT2D eigenvalue weighted by molar-refractivity contribution is 0.479. The Morgan fingerprint density at radius 3 is 2.85 bits per heavy atom. The van der Waals surface area contributed by atoms with E-state index in [1.54, 1.807) is 0 Å². The van der Waals surface area contributed by atoms with E-state index in [1.807, 2.05) is 13.0 Å². The second kappa shape index (κ2) is 6.22. The number of hydrogen-bond donors (Lipinski definition) is 1. The molecule has 0 radical (unpaired) electrons. The van der Waals surface area contributed by atoms with Gasteiger partial charge in [0.15, 0.2) is 0 Å². The highest BCUT2D eigenvalue weighted by Crippen LogP contribution is 2.49. The Morgan fingerprint density at radius 2 is 2.20 bits per heavy atom. The Kier molecular flexibility index (Phi) is 4.81. The smallest absolute Gasteiger partial charge is 0.211 e. The van der Waals surface area contributed by atoms with Crippen molar-refractivity contribution in [3.63, 3.8) is 0 Å². The summed E-state index contributed by atoms with van der Waals surface area (Å²) in [6.45, 7) is 3.36. The van der Waals surface area contributed by atoms with E-state index in [-0.39, 0.29) is 18.2 Å². The molecule has 3 nitrogen and oxygen atoms in total. The zero-order valence-corrected chi connectivity index (χ0v) is 12.8. The molecule has 1 aromatic rings. The number of hydrogen-bond acceptors (Lipinski definition) is 2. The van der Waals surface area contributed by atoms with Gasteiger partial charge in [-0.15, -0.1) is 0 Å². The number of rotatable bonds is 7. The summed E-state index contributed by atoms with van der Waals surface area (Å²) >= 11 is 0. The molecule has 3 atom stereocenters. The quantitative estimate of drug-likeness (QED) is 0.841. The standard InChI is InChI=1S/C15H22FNO2S/c1-11-5-3-6-13(9-11)15-10-14(15)12(2)17-20(18,19)8-4-7-16/h3,5-6,9,12,14-15,17H,4,7-8,10H2,1-2H3/t12-,14+,15+/m1/s1. The second-order valence-corrected chi connectivity index (χ2v) is 7.56. The maximum Gasteiger partial charge on any atom is 0.211 e. The van der Waals surface area contributed by atoms with Gasteiger partial charge < -0.3 is 0 Å². The topological polar surface area (TPSA) is 46.2 Å². The molecule has 0 aliphatic heterocycles. The van der Waals surface area contributed by atoms with Crippen LogP contribution in [0.5, 0.6) is 0 Å². The minimum Gasteiger partial charge on any atom is -0.251 e. The summed E-state index contributed by atoms with van der Waals surface area (Å²) in [6, 6.07) is 8.27. The van der Waals surface area contributed by atoms with Gasteiger partial charge in [0, 0.05) is 6.04 Å². The molecule has 0 aromatic heterocycles. The zero-order valence-electron chi connectivity index (χ0n) is 12.0. The van der Waals surface area contributed by atoms with Crippen molar-refractivity contribution in [2.45, 2.75) is 38.6 Å². The summed E-state index contributed by atoms with van der Waals surface area (Å²) in [6.07, 6.45) is 1.07.